The zero-order valence-corrected chi connectivity index (χ0v) is 15.8. The monoisotopic (exact) mass is 372 g/mol. The topological polar surface area (TPSA) is 57.7 Å². The Morgan fingerprint density at radius 1 is 0.923 bits per heavy atom. The second-order valence-corrected chi connectivity index (χ2v) is 8.62. The average molecular weight is 372 g/mol. The van der Waals surface area contributed by atoms with Gasteiger partial charge in [0.25, 0.3) is 5.91 Å². The first-order chi connectivity index (χ1) is 12.4. The van der Waals surface area contributed by atoms with Crippen LogP contribution < -0.4 is 0 Å². The molecular weight excluding hydrogens is 348 g/mol. The molecule has 0 atom stereocenters. The molecule has 0 saturated carbocycles. The minimum Gasteiger partial charge on any atom is -0.336 e. The van der Waals surface area contributed by atoms with E-state index in [1.54, 1.807) is 23.1 Å². The molecule has 0 bridgehead atoms. The van der Waals surface area contributed by atoms with Crippen LogP contribution in [0.3, 0.4) is 0 Å². The van der Waals surface area contributed by atoms with E-state index in [1.807, 2.05) is 18.2 Å². The normalized spacial score (nSPS) is 15.8. The van der Waals surface area contributed by atoms with Crippen LogP contribution in [0, 0.1) is 0 Å². The van der Waals surface area contributed by atoms with Gasteiger partial charge in [0.1, 0.15) is 0 Å². The first-order valence-electron chi connectivity index (χ1n) is 8.80. The van der Waals surface area contributed by atoms with E-state index in [0.29, 0.717) is 13.1 Å². The Balaban J connectivity index is 1.59. The molecule has 1 heterocycles. The van der Waals surface area contributed by atoms with Gasteiger partial charge in [-0.1, -0.05) is 42.5 Å². The molecule has 3 rings (SSSR count). The van der Waals surface area contributed by atoms with Crippen LogP contribution in [-0.4, -0.2) is 63.1 Å². The number of hydrogen-bond acceptors (Lipinski definition) is 4. The Labute approximate surface area is 155 Å². The molecule has 2 aromatic rings. The largest absolute Gasteiger partial charge is 0.336 e. The van der Waals surface area contributed by atoms with Gasteiger partial charge in [-0.25, -0.2) is 8.42 Å². The van der Waals surface area contributed by atoms with Crippen molar-refractivity contribution in [1.29, 1.82) is 0 Å². The lowest BCUT2D eigenvalue weighted by Crippen LogP contribution is -2.49. The van der Waals surface area contributed by atoms with Crippen molar-refractivity contribution in [1.82, 2.24) is 9.80 Å². The van der Waals surface area contributed by atoms with Crippen LogP contribution >= 0.6 is 0 Å². The Bertz CT molecular complexity index is 858. The zero-order valence-electron chi connectivity index (χ0n) is 15.0. The highest BCUT2D eigenvalue weighted by Crippen LogP contribution is 2.18. The number of carbonyl (C=O) groups excluding carboxylic acids is 1. The van der Waals surface area contributed by atoms with E-state index < -0.39 is 9.84 Å². The van der Waals surface area contributed by atoms with E-state index in [1.165, 1.54) is 11.6 Å². The highest BCUT2D eigenvalue weighted by Gasteiger charge is 2.25. The van der Waals surface area contributed by atoms with Gasteiger partial charge in [-0.15, -0.1) is 0 Å². The highest BCUT2D eigenvalue weighted by molar-refractivity contribution is 7.90. The van der Waals surface area contributed by atoms with Crippen molar-refractivity contribution in [2.75, 3.05) is 39.0 Å². The van der Waals surface area contributed by atoms with Gasteiger partial charge >= 0.3 is 0 Å². The minimum absolute atomic E-state index is 0.108. The number of sulfone groups is 1. The molecule has 0 unspecified atom stereocenters. The third-order valence-electron chi connectivity index (χ3n) is 4.74. The number of nitrogens with zero attached hydrogens (tertiary/aromatic N) is 2. The van der Waals surface area contributed by atoms with Crippen LogP contribution in [-0.2, 0) is 16.3 Å². The molecule has 138 valence electrons. The third-order valence-corrected chi connectivity index (χ3v) is 5.89. The minimum atomic E-state index is -3.43. The standard InChI is InChI=1S/C20H24N2O3S/c1-26(24,25)19-10-6-5-9-18(19)20(23)22-15-13-21(14-16-22)12-11-17-7-3-2-4-8-17/h2-10H,11-16H2,1H3. The van der Waals surface area contributed by atoms with E-state index >= 15 is 0 Å². The summed E-state index contributed by atoms with van der Waals surface area (Å²) in [7, 11) is -3.43. The highest BCUT2D eigenvalue weighted by atomic mass is 32.2. The van der Waals surface area contributed by atoms with Crippen molar-refractivity contribution >= 4 is 15.7 Å². The molecule has 1 fully saturated rings. The molecule has 6 heteroatoms. The molecule has 0 aromatic heterocycles. The van der Waals surface area contributed by atoms with Crippen molar-refractivity contribution < 1.29 is 13.2 Å². The van der Waals surface area contributed by atoms with Gasteiger partial charge in [-0.05, 0) is 24.1 Å². The Kier molecular flexibility index (Phi) is 5.74. The molecule has 1 saturated heterocycles. The summed E-state index contributed by atoms with van der Waals surface area (Å²) in [6.07, 6.45) is 2.13. The predicted octanol–water partition coefficient (Wildman–Crippen LogP) is 2.09. The van der Waals surface area contributed by atoms with Gasteiger partial charge in [-0.3, -0.25) is 9.69 Å². The fraction of sp³-hybridized carbons (Fsp3) is 0.350. The molecule has 0 spiro atoms. The lowest BCUT2D eigenvalue weighted by atomic mass is 10.1. The molecule has 2 aromatic carbocycles. The van der Waals surface area contributed by atoms with E-state index in [2.05, 4.69) is 17.0 Å². The van der Waals surface area contributed by atoms with Crippen molar-refractivity contribution in [3.05, 3.63) is 65.7 Å². The fourth-order valence-electron chi connectivity index (χ4n) is 3.24. The number of amides is 1. The SMILES string of the molecule is CS(=O)(=O)c1ccccc1C(=O)N1CCN(CCc2ccccc2)CC1. The Morgan fingerprint density at radius 3 is 2.19 bits per heavy atom. The second-order valence-electron chi connectivity index (χ2n) is 6.64. The predicted molar refractivity (Wildman–Crippen MR) is 102 cm³/mol. The van der Waals surface area contributed by atoms with Crippen molar-refractivity contribution in [3.63, 3.8) is 0 Å². The Morgan fingerprint density at radius 2 is 1.54 bits per heavy atom. The molecule has 0 aliphatic carbocycles. The van der Waals surface area contributed by atoms with Crippen LogP contribution in [0.1, 0.15) is 15.9 Å². The van der Waals surface area contributed by atoms with E-state index in [4.69, 9.17) is 0 Å². The van der Waals surface area contributed by atoms with E-state index in [9.17, 15) is 13.2 Å². The smallest absolute Gasteiger partial charge is 0.255 e. The van der Waals surface area contributed by atoms with Gasteiger partial charge in [0, 0.05) is 39.0 Å². The molecule has 1 aliphatic rings. The summed E-state index contributed by atoms with van der Waals surface area (Å²) in [6, 6.07) is 16.8. The fourth-order valence-corrected chi connectivity index (χ4v) is 4.12. The number of piperazine rings is 1. The number of carbonyl (C=O) groups is 1. The summed E-state index contributed by atoms with van der Waals surface area (Å²) in [5.74, 6) is -0.200. The lowest BCUT2D eigenvalue weighted by Gasteiger charge is -2.35. The molecule has 1 amide bonds. The quantitative estimate of drug-likeness (QED) is 0.806. The molecule has 1 aliphatic heterocycles. The van der Waals surface area contributed by atoms with E-state index in [0.717, 1.165) is 32.3 Å². The maximum absolute atomic E-state index is 12.8. The van der Waals surface area contributed by atoms with Crippen molar-refractivity contribution in [2.24, 2.45) is 0 Å². The summed E-state index contributed by atoms with van der Waals surface area (Å²) in [4.78, 5) is 17.0. The lowest BCUT2D eigenvalue weighted by molar-refractivity contribution is 0.0634. The summed E-state index contributed by atoms with van der Waals surface area (Å²) in [5.41, 5.74) is 1.58. The zero-order chi connectivity index (χ0) is 18.6. The summed E-state index contributed by atoms with van der Waals surface area (Å²) >= 11 is 0. The van der Waals surface area contributed by atoms with Crippen LogP contribution in [0.4, 0.5) is 0 Å². The number of benzene rings is 2. The Hall–Kier alpha value is -2.18. The molecule has 5 nitrogen and oxygen atoms in total. The molecule has 0 radical (unpaired) electrons. The summed E-state index contributed by atoms with van der Waals surface area (Å²) in [6.45, 7) is 3.81. The van der Waals surface area contributed by atoms with Crippen LogP contribution in [0.5, 0.6) is 0 Å². The molecule has 0 N–H and O–H groups in total. The van der Waals surface area contributed by atoms with Gasteiger partial charge in [0.15, 0.2) is 9.84 Å². The van der Waals surface area contributed by atoms with Gasteiger partial charge in [0.05, 0.1) is 10.5 Å². The number of rotatable bonds is 5. The van der Waals surface area contributed by atoms with Crippen molar-refractivity contribution in [3.8, 4) is 0 Å². The van der Waals surface area contributed by atoms with Crippen molar-refractivity contribution in [2.45, 2.75) is 11.3 Å². The van der Waals surface area contributed by atoms with Crippen LogP contribution in [0.25, 0.3) is 0 Å². The average Bonchev–Trinajstić information content (AvgIpc) is 2.66. The third kappa shape index (κ3) is 4.51. The van der Waals surface area contributed by atoms with Gasteiger partial charge < -0.3 is 4.90 Å². The first-order valence-corrected chi connectivity index (χ1v) is 10.7. The van der Waals surface area contributed by atoms with Gasteiger partial charge in [0.2, 0.25) is 0 Å². The summed E-state index contributed by atoms with van der Waals surface area (Å²) in [5, 5.41) is 0. The van der Waals surface area contributed by atoms with E-state index in [-0.39, 0.29) is 16.4 Å². The second kappa shape index (κ2) is 8.01. The summed E-state index contributed by atoms with van der Waals surface area (Å²) < 4.78 is 23.9. The maximum atomic E-state index is 12.8. The molecule has 26 heavy (non-hydrogen) atoms. The van der Waals surface area contributed by atoms with Crippen LogP contribution in [0.15, 0.2) is 59.5 Å². The first kappa shape index (κ1) is 18.6. The number of hydrogen-bond donors (Lipinski definition) is 0. The van der Waals surface area contributed by atoms with Gasteiger partial charge in [-0.2, -0.15) is 0 Å². The molecular formula is C20H24N2O3S. The maximum Gasteiger partial charge on any atom is 0.255 e. The van der Waals surface area contributed by atoms with Crippen LogP contribution in [0.2, 0.25) is 0 Å².